The summed E-state index contributed by atoms with van der Waals surface area (Å²) < 4.78 is 0. The summed E-state index contributed by atoms with van der Waals surface area (Å²) in [5.41, 5.74) is 2.25. The number of halogens is 1. The molecule has 34 heavy (non-hydrogen) atoms. The number of hydrogen-bond acceptors (Lipinski definition) is 4. The van der Waals surface area contributed by atoms with Gasteiger partial charge in [0.2, 0.25) is 11.8 Å². The van der Waals surface area contributed by atoms with Gasteiger partial charge in [0.05, 0.1) is 41.1 Å². The summed E-state index contributed by atoms with van der Waals surface area (Å²) in [4.78, 5) is 39.3. The molecule has 0 aromatic heterocycles. The number of para-hydroxylation sites is 2. The van der Waals surface area contributed by atoms with Gasteiger partial charge in [0.15, 0.2) is 0 Å². The van der Waals surface area contributed by atoms with Crippen LogP contribution in [0.5, 0.6) is 0 Å². The first-order valence-electron chi connectivity index (χ1n) is 10.8. The third-order valence-corrected chi connectivity index (χ3v) is 5.40. The second-order valence-corrected chi connectivity index (χ2v) is 8.31. The summed E-state index contributed by atoms with van der Waals surface area (Å²) >= 11 is 6.06. The molecule has 0 saturated carbocycles. The Labute approximate surface area is 204 Å². The highest BCUT2D eigenvalue weighted by molar-refractivity contribution is 6.33. The summed E-state index contributed by atoms with van der Waals surface area (Å²) in [6, 6.07) is 23.2. The topological polar surface area (TPSA) is 90.5 Å². The summed E-state index contributed by atoms with van der Waals surface area (Å²) in [5, 5.41) is 8.89. The Kier molecular flexibility index (Phi) is 8.79. The van der Waals surface area contributed by atoms with E-state index in [1.165, 1.54) is 0 Å². The van der Waals surface area contributed by atoms with Gasteiger partial charge in [-0.15, -0.1) is 0 Å². The molecule has 0 radical (unpaired) electrons. The molecular formula is C26H27ClN4O3. The lowest BCUT2D eigenvalue weighted by atomic mass is 10.1. The third-order valence-electron chi connectivity index (χ3n) is 5.07. The van der Waals surface area contributed by atoms with Gasteiger partial charge < -0.3 is 16.0 Å². The first-order chi connectivity index (χ1) is 16.3. The molecule has 0 aliphatic carbocycles. The van der Waals surface area contributed by atoms with Crippen molar-refractivity contribution in [3.63, 3.8) is 0 Å². The number of amides is 3. The van der Waals surface area contributed by atoms with Crippen molar-refractivity contribution in [3.8, 4) is 0 Å². The van der Waals surface area contributed by atoms with E-state index in [1.807, 2.05) is 37.3 Å². The smallest absolute Gasteiger partial charge is 0.253 e. The van der Waals surface area contributed by atoms with Crippen LogP contribution in [0.4, 0.5) is 11.4 Å². The number of carbonyl (C=O) groups excluding carboxylic acids is 3. The number of rotatable bonds is 9. The molecule has 3 amide bonds. The summed E-state index contributed by atoms with van der Waals surface area (Å²) in [5.74, 6) is -0.929. The Hall–Kier alpha value is -3.68. The van der Waals surface area contributed by atoms with Crippen molar-refractivity contribution in [2.24, 2.45) is 0 Å². The summed E-state index contributed by atoms with van der Waals surface area (Å²) in [7, 11) is 1.66. The van der Waals surface area contributed by atoms with Crippen LogP contribution in [0.15, 0.2) is 78.9 Å². The Morgan fingerprint density at radius 3 is 1.97 bits per heavy atom. The molecule has 1 atom stereocenters. The second-order valence-electron chi connectivity index (χ2n) is 7.90. The van der Waals surface area contributed by atoms with Crippen LogP contribution in [0.1, 0.15) is 28.9 Å². The van der Waals surface area contributed by atoms with E-state index in [-0.39, 0.29) is 36.9 Å². The monoisotopic (exact) mass is 478 g/mol. The number of hydrogen-bond donors (Lipinski definition) is 3. The van der Waals surface area contributed by atoms with E-state index in [9.17, 15) is 14.4 Å². The zero-order valence-corrected chi connectivity index (χ0v) is 19.8. The Morgan fingerprint density at radius 2 is 1.32 bits per heavy atom. The van der Waals surface area contributed by atoms with Gasteiger partial charge in [0.25, 0.3) is 5.91 Å². The molecular weight excluding hydrogens is 452 g/mol. The van der Waals surface area contributed by atoms with Crippen LogP contribution in [0.2, 0.25) is 5.02 Å². The van der Waals surface area contributed by atoms with Crippen molar-refractivity contribution in [2.45, 2.75) is 13.0 Å². The van der Waals surface area contributed by atoms with Gasteiger partial charge >= 0.3 is 0 Å². The number of anilines is 2. The normalized spacial score (nSPS) is 11.5. The number of carbonyl (C=O) groups is 3. The largest absolute Gasteiger partial charge is 0.345 e. The molecule has 3 N–H and O–H groups in total. The molecule has 3 aromatic carbocycles. The van der Waals surface area contributed by atoms with E-state index in [1.54, 1.807) is 60.5 Å². The van der Waals surface area contributed by atoms with Crippen molar-refractivity contribution in [1.82, 2.24) is 10.2 Å². The maximum absolute atomic E-state index is 12.9. The molecule has 3 aromatic rings. The molecule has 7 nitrogen and oxygen atoms in total. The number of nitrogens with one attached hydrogen (secondary N) is 3. The Morgan fingerprint density at radius 1 is 0.794 bits per heavy atom. The van der Waals surface area contributed by atoms with E-state index in [0.29, 0.717) is 22.0 Å². The van der Waals surface area contributed by atoms with E-state index in [4.69, 9.17) is 11.6 Å². The lowest BCUT2D eigenvalue weighted by Crippen LogP contribution is -2.36. The van der Waals surface area contributed by atoms with Gasteiger partial charge in [0.1, 0.15) is 0 Å². The van der Waals surface area contributed by atoms with Gasteiger partial charge in [-0.05, 0) is 43.8 Å². The predicted molar refractivity (Wildman–Crippen MR) is 135 cm³/mol. The molecule has 0 saturated heterocycles. The van der Waals surface area contributed by atoms with E-state index >= 15 is 0 Å². The first kappa shape index (κ1) is 25.0. The quantitative estimate of drug-likeness (QED) is 0.426. The van der Waals surface area contributed by atoms with Crippen LogP contribution in [0.25, 0.3) is 0 Å². The number of benzene rings is 3. The van der Waals surface area contributed by atoms with Gasteiger partial charge in [-0.25, -0.2) is 0 Å². The summed E-state index contributed by atoms with van der Waals surface area (Å²) in [6.45, 7) is 1.86. The fourth-order valence-corrected chi connectivity index (χ4v) is 3.56. The Bertz CT molecular complexity index is 1150. The highest BCUT2D eigenvalue weighted by Crippen LogP contribution is 2.20. The van der Waals surface area contributed by atoms with Crippen LogP contribution in [-0.2, 0) is 9.59 Å². The van der Waals surface area contributed by atoms with Gasteiger partial charge in [-0.1, -0.05) is 66.2 Å². The fraction of sp³-hybridized carbons (Fsp3) is 0.192. The van der Waals surface area contributed by atoms with Gasteiger partial charge in [-0.2, -0.15) is 0 Å². The highest BCUT2D eigenvalue weighted by atomic mass is 35.5. The SMILES string of the molecule is CC(NC(=O)c1ccccc1NC(=O)CN(C)CC(=O)Nc1ccccc1Cl)c1ccccc1. The van der Waals surface area contributed by atoms with Crippen molar-refractivity contribution in [1.29, 1.82) is 0 Å². The minimum Gasteiger partial charge on any atom is -0.345 e. The molecule has 0 heterocycles. The molecule has 176 valence electrons. The number of nitrogens with zero attached hydrogens (tertiary/aromatic N) is 1. The van der Waals surface area contributed by atoms with E-state index in [2.05, 4.69) is 16.0 Å². The van der Waals surface area contributed by atoms with Gasteiger partial charge in [0, 0.05) is 0 Å². The standard InChI is InChI=1S/C26H27ClN4O3/c1-18(19-10-4-3-5-11-19)28-26(34)20-12-6-8-14-22(20)29-24(32)16-31(2)17-25(33)30-23-15-9-7-13-21(23)27/h3-15,18H,16-17H2,1-2H3,(H,28,34)(H,29,32)(H,30,33). The van der Waals surface area contributed by atoms with Crippen LogP contribution < -0.4 is 16.0 Å². The average molecular weight is 479 g/mol. The third kappa shape index (κ3) is 7.16. The van der Waals surface area contributed by atoms with Crippen molar-refractivity contribution in [3.05, 3.63) is 95.0 Å². The van der Waals surface area contributed by atoms with Crippen LogP contribution in [-0.4, -0.2) is 42.8 Å². The Balaban J connectivity index is 1.56. The molecule has 0 fully saturated rings. The molecule has 0 bridgehead atoms. The maximum atomic E-state index is 12.9. The predicted octanol–water partition coefficient (Wildman–Crippen LogP) is 4.34. The van der Waals surface area contributed by atoms with Gasteiger partial charge in [-0.3, -0.25) is 19.3 Å². The minimum absolute atomic E-state index is 0.00460. The van der Waals surface area contributed by atoms with Crippen LogP contribution in [0.3, 0.4) is 0 Å². The zero-order valence-electron chi connectivity index (χ0n) is 19.0. The molecule has 0 aliphatic heterocycles. The van der Waals surface area contributed by atoms with Crippen molar-refractivity contribution in [2.75, 3.05) is 30.8 Å². The molecule has 0 spiro atoms. The van der Waals surface area contributed by atoms with Crippen molar-refractivity contribution >= 4 is 40.7 Å². The van der Waals surface area contributed by atoms with Crippen LogP contribution >= 0.6 is 11.6 Å². The lowest BCUT2D eigenvalue weighted by molar-refractivity contribution is -0.119. The molecule has 0 aliphatic rings. The average Bonchev–Trinajstić information content (AvgIpc) is 2.81. The minimum atomic E-state index is -0.343. The van der Waals surface area contributed by atoms with Crippen molar-refractivity contribution < 1.29 is 14.4 Å². The summed E-state index contributed by atoms with van der Waals surface area (Å²) in [6.07, 6.45) is 0. The first-order valence-corrected chi connectivity index (χ1v) is 11.2. The molecule has 1 unspecified atom stereocenters. The zero-order chi connectivity index (χ0) is 24.5. The van der Waals surface area contributed by atoms with E-state index in [0.717, 1.165) is 5.56 Å². The molecule has 3 rings (SSSR count). The maximum Gasteiger partial charge on any atom is 0.253 e. The van der Waals surface area contributed by atoms with E-state index < -0.39 is 0 Å². The van der Waals surface area contributed by atoms with Crippen LogP contribution in [0, 0.1) is 0 Å². The molecule has 8 heteroatoms. The fourth-order valence-electron chi connectivity index (χ4n) is 3.38. The number of likely N-dealkylation sites (N-methyl/N-ethyl adjacent to an activating group) is 1. The lowest BCUT2D eigenvalue weighted by Gasteiger charge is -2.18. The highest BCUT2D eigenvalue weighted by Gasteiger charge is 2.17. The second kappa shape index (κ2) is 12.0.